The Morgan fingerprint density at radius 2 is 1.72 bits per heavy atom. The lowest BCUT2D eigenvalue weighted by Gasteiger charge is -2.50. The van der Waals surface area contributed by atoms with Gasteiger partial charge in [-0.25, -0.2) is 0 Å². The molecule has 2 N–H and O–H groups in total. The second-order valence-corrected chi connectivity index (χ2v) is 10.6. The summed E-state index contributed by atoms with van der Waals surface area (Å²) in [6, 6.07) is 9.86. The molecule has 1 aromatic rings. The summed E-state index contributed by atoms with van der Waals surface area (Å²) in [5, 5.41) is 22.8. The van der Waals surface area contributed by atoms with Crippen molar-refractivity contribution in [3.63, 3.8) is 0 Å². The number of fused-ring (bicyclic) bond motifs is 2. The van der Waals surface area contributed by atoms with Crippen LogP contribution in [0, 0.1) is 17.8 Å². The van der Waals surface area contributed by atoms with Gasteiger partial charge in [0, 0.05) is 33.1 Å². The third-order valence-corrected chi connectivity index (χ3v) is 8.47. The maximum absolute atomic E-state index is 13.8. The molecule has 1 saturated heterocycles. The van der Waals surface area contributed by atoms with Crippen LogP contribution in [0.25, 0.3) is 0 Å². The number of ether oxygens (including phenoxy) is 3. The molecule has 36 heavy (non-hydrogen) atoms. The molecule has 2 aliphatic heterocycles. The minimum absolute atomic E-state index is 0.0963. The van der Waals surface area contributed by atoms with E-state index in [-0.39, 0.29) is 30.1 Å². The summed E-state index contributed by atoms with van der Waals surface area (Å²) in [6.07, 6.45) is 6.32. The van der Waals surface area contributed by atoms with Crippen molar-refractivity contribution < 1.29 is 29.2 Å². The number of benzene rings is 1. The van der Waals surface area contributed by atoms with Gasteiger partial charge in [-0.05, 0) is 31.7 Å². The number of hydrogen-bond donors (Lipinski definition) is 2. The zero-order valence-corrected chi connectivity index (χ0v) is 22.7. The molecular weight excluding hydrogens is 458 g/mol. The molecule has 3 rings (SSSR count). The van der Waals surface area contributed by atoms with Gasteiger partial charge in [0.05, 0.1) is 30.3 Å². The Morgan fingerprint density at radius 1 is 1.06 bits per heavy atom. The second kappa shape index (κ2) is 12.7. The highest BCUT2D eigenvalue weighted by molar-refractivity contribution is 5.79. The van der Waals surface area contributed by atoms with Gasteiger partial charge >= 0.3 is 0 Å². The molecule has 0 aromatic heterocycles. The maximum atomic E-state index is 13.8. The molecule has 9 atom stereocenters. The van der Waals surface area contributed by atoms with E-state index in [4.69, 9.17) is 14.2 Å². The summed E-state index contributed by atoms with van der Waals surface area (Å²) in [5.74, 6) is -3.67. The highest BCUT2D eigenvalue weighted by atomic mass is 16.6. The Labute approximate surface area is 216 Å². The topological polar surface area (TPSA) is 88.5 Å². The molecule has 0 unspecified atom stereocenters. The minimum Gasteiger partial charge on any atom is -0.392 e. The monoisotopic (exact) mass is 503 g/mol. The van der Waals surface area contributed by atoms with Gasteiger partial charge in [-0.1, -0.05) is 69.2 Å². The molecule has 202 valence electrons. The number of carbonyl (C=O) groups excluding carboxylic acids is 1. The number of methoxy groups -OCH3 is 2. The summed E-state index contributed by atoms with van der Waals surface area (Å²) in [4.78, 5) is 15.5. The summed E-state index contributed by atoms with van der Waals surface area (Å²) >= 11 is 0. The first-order valence-corrected chi connectivity index (χ1v) is 13.3. The van der Waals surface area contributed by atoms with Crippen LogP contribution in [0.3, 0.4) is 0 Å². The number of amides is 1. The van der Waals surface area contributed by atoms with Gasteiger partial charge in [0.2, 0.25) is 5.91 Å². The van der Waals surface area contributed by atoms with Crippen LogP contribution in [0.5, 0.6) is 0 Å². The zero-order chi connectivity index (χ0) is 26.5. The molecule has 2 heterocycles. The minimum atomic E-state index is -1.79. The van der Waals surface area contributed by atoms with Crippen molar-refractivity contribution in [3.8, 4) is 0 Å². The number of aliphatic hydroxyl groups excluding tert-OH is 1. The molecule has 1 fully saturated rings. The van der Waals surface area contributed by atoms with Crippen molar-refractivity contribution in [2.75, 3.05) is 21.3 Å². The average molecular weight is 504 g/mol. The number of hydrogen-bond acceptors (Lipinski definition) is 6. The lowest BCUT2D eigenvalue weighted by molar-refractivity contribution is -0.332. The van der Waals surface area contributed by atoms with Gasteiger partial charge in [0.1, 0.15) is 6.10 Å². The van der Waals surface area contributed by atoms with E-state index in [1.54, 1.807) is 40.0 Å². The fourth-order valence-electron chi connectivity index (χ4n) is 5.83. The molecule has 7 nitrogen and oxygen atoms in total. The quantitative estimate of drug-likeness (QED) is 0.604. The normalized spacial score (nSPS) is 40.1. The number of carbonyl (C=O) groups is 1. The fraction of sp³-hybridized carbons (Fsp3) is 0.690. The lowest BCUT2D eigenvalue weighted by atomic mass is 9.75. The first-order chi connectivity index (χ1) is 17.2. The van der Waals surface area contributed by atoms with Crippen molar-refractivity contribution in [2.45, 2.75) is 89.1 Å². The fourth-order valence-corrected chi connectivity index (χ4v) is 5.83. The van der Waals surface area contributed by atoms with Gasteiger partial charge in [-0.3, -0.25) is 4.79 Å². The molecule has 7 heteroatoms. The largest absolute Gasteiger partial charge is 0.392 e. The van der Waals surface area contributed by atoms with Crippen LogP contribution in [-0.2, 0) is 19.0 Å². The van der Waals surface area contributed by atoms with Gasteiger partial charge < -0.3 is 29.3 Å². The van der Waals surface area contributed by atoms with E-state index < -0.39 is 29.8 Å². The lowest BCUT2D eigenvalue weighted by Crippen LogP contribution is -2.62. The predicted octanol–water partition coefficient (Wildman–Crippen LogP) is 4.09. The van der Waals surface area contributed by atoms with Crippen LogP contribution >= 0.6 is 0 Å². The van der Waals surface area contributed by atoms with Crippen molar-refractivity contribution in [3.05, 3.63) is 48.0 Å². The van der Waals surface area contributed by atoms with Gasteiger partial charge in [0.15, 0.2) is 5.79 Å². The first kappa shape index (κ1) is 28.8. The van der Waals surface area contributed by atoms with E-state index in [9.17, 15) is 15.0 Å². The molecule has 0 saturated carbocycles. The van der Waals surface area contributed by atoms with Crippen LogP contribution in [0.2, 0.25) is 0 Å². The molecule has 1 aromatic carbocycles. The van der Waals surface area contributed by atoms with Crippen LogP contribution < -0.4 is 0 Å². The number of rotatable bonds is 3. The molecule has 1 amide bonds. The molecular formula is C29H45NO6. The summed E-state index contributed by atoms with van der Waals surface area (Å²) in [6.45, 7) is 5.39. The zero-order valence-electron chi connectivity index (χ0n) is 22.7. The Balaban J connectivity index is 1.99. The summed E-state index contributed by atoms with van der Waals surface area (Å²) in [7, 11) is 5.18. The van der Waals surface area contributed by atoms with Crippen LogP contribution in [0.4, 0.5) is 0 Å². The van der Waals surface area contributed by atoms with E-state index in [0.717, 1.165) is 31.2 Å². The van der Waals surface area contributed by atoms with Gasteiger partial charge in [-0.15, -0.1) is 0 Å². The maximum Gasteiger partial charge on any atom is 0.231 e. The summed E-state index contributed by atoms with van der Waals surface area (Å²) in [5.41, 5.74) is 1.05. The van der Waals surface area contributed by atoms with Crippen LogP contribution in [-0.4, -0.2) is 72.5 Å². The first-order valence-electron chi connectivity index (χ1n) is 13.3. The molecule has 0 spiro atoms. The predicted molar refractivity (Wildman–Crippen MR) is 139 cm³/mol. The van der Waals surface area contributed by atoms with E-state index in [1.807, 2.05) is 49.4 Å². The Kier molecular flexibility index (Phi) is 10.1. The van der Waals surface area contributed by atoms with E-state index in [2.05, 4.69) is 0 Å². The molecule has 0 radical (unpaired) electrons. The van der Waals surface area contributed by atoms with E-state index >= 15 is 0 Å². The Hall–Kier alpha value is -1.77. The third-order valence-electron chi connectivity index (χ3n) is 8.47. The Morgan fingerprint density at radius 3 is 2.36 bits per heavy atom. The van der Waals surface area contributed by atoms with E-state index in [0.29, 0.717) is 6.42 Å². The smallest absolute Gasteiger partial charge is 0.231 e. The van der Waals surface area contributed by atoms with Crippen molar-refractivity contribution in [1.82, 2.24) is 4.90 Å². The average Bonchev–Trinajstić information content (AvgIpc) is 2.89. The van der Waals surface area contributed by atoms with Crippen molar-refractivity contribution >= 4 is 5.91 Å². The van der Waals surface area contributed by atoms with E-state index in [1.165, 1.54) is 0 Å². The number of nitrogens with zero attached hydrogens (tertiary/aromatic N) is 1. The second-order valence-electron chi connectivity index (χ2n) is 10.6. The van der Waals surface area contributed by atoms with Gasteiger partial charge in [0.25, 0.3) is 0 Å². The SMILES string of the molecule is CO[C@H]1CCCC[C@@H](c2ccccc2)N(C)C(=O)[C@@H](C)[C@@]2(O)O[C@@H](C/C=C/[C@H]1OC)[C@@H](C)[C@H](O)[C@H]2C. The summed E-state index contributed by atoms with van der Waals surface area (Å²) < 4.78 is 17.8. The third kappa shape index (κ3) is 6.03. The highest BCUT2D eigenvalue weighted by Crippen LogP contribution is 2.43. The molecule has 2 bridgehead atoms. The molecule has 2 aliphatic rings. The standard InChI is InChI=1S/C29H45NO6/c1-19-24-17-12-18-26(35-6)25(34-5)16-11-10-15-23(22-13-8-7-9-14-22)30(4)28(32)21(3)29(33,36-24)20(2)27(19)31/h7-9,12-14,18-21,23-27,31,33H,10-11,15-17H2,1-6H3/b18-12+/t19-,20-,21-,23+,24+,25+,26-,27+,29+/m1/s1. The van der Waals surface area contributed by atoms with Crippen LogP contribution in [0.1, 0.15) is 64.5 Å². The van der Waals surface area contributed by atoms with Crippen LogP contribution in [0.15, 0.2) is 42.5 Å². The van der Waals surface area contributed by atoms with Gasteiger partial charge in [-0.2, -0.15) is 0 Å². The Bertz CT molecular complexity index is 863. The number of aliphatic hydroxyl groups is 2. The molecule has 0 aliphatic carbocycles. The van der Waals surface area contributed by atoms with Crippen molar-refractivity contribution in [1.29, 1.82) is 0 Å². The highest BCUT2D eigenvalue weighted by Gasteiger charge is 2.55. The van der Waals surface area contributed by atoms with Crippen molar-refractivity contribution in [2.24, 2.45) is 17.8 Å².